The lowest BCUT2D eigenvalue weighted by Crippen LogP contribution is -2.10. The fourth-order valence-electron chi connectivity index (χ4n) is 1.60. The van der Waals surface area contributed by atoms with Crippen molar-refractivity contribution in [1.29, 1.82) is 0 Å². The molecule has 2 aromatic carbocycles. The first-order valence-corrected chi connectivity index (χ1v) is 8.40. The van der Waals surface area contributed by atoms with Crippen molar-refractivity contribution in [2.24, 2.45) is 0 Å². The van der Waals surface area contributed by atoms with Crippen molar-refractivity contribution in [3.63, 3.8) is 0 Å². The Kier molecular flexibility index (Phi) is 4.56. The molecule has 0 spiro atoms. The molecular weight excluding hydrogens is 335 g/mol. The summed E-state index contributed by atoms with van der Waals surface area (Å²) in [4.78, 5) is 11.9. The minimum absolute atomic E-state index is 0.0480. The van der Waals surface area contributed by atoms with Crippen LogP contribution in [0.3, 0.4) is 0 Å². The highest BCUT2D eigenvalue weighted by atomic mass is 35.5. The molecule has 110 valence electrons. The zero-order chi connectivity index (χ0) is 15.6. The highest BCUT2D eigenvalue weighted by Crippen LogP contribution is 2.26. The van der Waals surface area contributed by atoms with Crippen LogP contribution in [0.2, 0.25) is 10.0 Å². The zero-order valence-electron chi connectivity index (χ0n) is 10.8. The van der Waals surface area contributed by atoms with Crippen molar-refractivity contribution in [2.45, 2.75) is 4.90 Å². The zero-order valence-corrected chi connectivity index (χ0v) is 13.2. The second-order valence-corrected chi connectivity index (χ2v) is 7.04. The van der Waals surface area contributed by atoms with Gasteiger partial charge in [-0.05, 0) is 30.3 Å². The van der Waals surface area contributed by atoms with Crippen LogP contribution in [0.1, 0.15) is 10.4 Å². The number of carbonyl (C=O) groups excluding carboxylic acids is 1. The van der Waals surface area contributed by atoms with Crippen LogP contribution in [-0.4, -0.2) is 20.6 Å². The number of halogens is 2. The summed E-state index contributed by atoms with van der Waals surface area (Å²) in [5.74, 6) is -0.523. The lowest BCUT2D eigenvalue weighted by atomic mass is 10.2. The number of benzene rings is 2. The van der Waals surface area contributed by atoms with E-state index in [2.05, 4.69) is 0 Å². The van der Waals surface area contributed by atoms with Crippen LogP contribution >= 0.6 is 23.2 Å². The van der Waals surface area contributed by atoms with Crippen LogP contribution < -0.4 is 4.74 Å². The second-order valence-electron chi connectivity index (χ2n) is 4.24. The molecule has 2 rings (SSSR count). The molecule has 2 aromatic rings. The Bertz CT molecular complexity index is 800. The molecule has 0 aromatic heterocycles. The van der Waals surface area contributed by atoms with Gasteiger partial charge in [0.25, 0.3) is 0 Å². The number of hydrogen-bond donors (Lipinski definition) is 0. The summed E-state index contributed by atoms with van der Waals surface area (Å²) >= 11 is 11.7. The van der Waals surface area contributed by atoms with Crippen molar-refractivity contribution in [3.8, 4) is 5.75 Å². The Morgan fingerprint density at radius 1 is 1.05 bits per heavy atom. The van der Waals surface area contributed by atoms with Gasteiger partial charge < -0.3 is 4.74 Å². The Labute approximate surface area is 132 Å². The summed E-state index contributed by atoms with van der Waals surface area (Å²) in [6.45, 7) is 0. The maximum atomic E-state index is 12.0. The highest BCUT2D eigenvalue weighted by molar-refractivity contribution is 7.90. The van der Waals surface area contributed by atoms with Crippen LogP contribution in [-0.2, 0) is 9.84 Å². The van der Waals surface area contributed by atoms with Crippen molar-refractivity contribution >= 4 is 39.0 Å². The van der Waals surface area contributed by atoms with Crippen LogP contribution in [0.25, 0.3) is 0 Å². The first-order valence-electron chi connectivity index (χ1n) is 5.75. The summed E-state index contributed by atoms with van der Waals surface area (Å²) in [6.07, 6.45) is 1.01. The molecule has 0 heterocycles. The van der Waals surface area contributed by atoms with Gasteiger partial charge in [0.1, 0.15) is 5.75 Å². The number of ether oxygens (including phenoxy) is 1. The minimum Gasteiger partial charge on any atom is -0.421 e. The van der Waals surface area contributed by atoms with E-state index in [1.54, 1.807) is 18.2 Å². The summed E-state index contributed by atoms with van der Waals surface area (Å²) in [5.41, 5.74) is 0.0692. The molecule has 0 saturated carbocycles. The lowest BCUT2D eigenvalue weighted by molar-refractivity contribution is 0.0734. The number of esters is 1. The molecule has 0 fully saturated rings. The first-order chi connectivity index (χ1) is 9.79. The molecule has 0 aliphatic heterocycles. The summed E-state index contributed by atoms with van der Waals surface area (Å²) < 4.78 is 28.3. The van der Waals surface area contributed by atoms with E-state index < -0.39 is 15.8 Å². The molecule has 0 N–H and O–H groups in total. The average molecular weight is 345 g/mol. The van der Waals surface area contributed by atoms with E-state index in [1.165, 1.54) is 24.3 Å². The van der Waals surface area contributed by atoms with Gasteiger partial charge in [0.05, 0.1) is 20.5 Å². The van der Waals surface area contributed by atoms with Gasteiger partial charge in [0, 0.05) is 6.26 Å². The molecule has 21 heavy (non-hydrogen) atoms. The normalized spacial score (nSPS) is 11.2. The topological polar surface area (TPSA) is 60.4 Å². The Hall–Kier alpha value is -1.56. The summed E-state index contributed by atoms with van der Waals surface area (Å²) in [5, 5.41) is 0.329. The van der Waals surface area contributed by atoms with Crippen molar-refractivity contribution in [3.05, 3.63) is 58.1 Å². The van der Waals surface area contributed by atoms with Crippen LogP contribution in [0, 0.1) is 0 Å². The third-order valence-electron chi connectivity index (χ3n) is 2.61. The van der Waals surface area contributed by atoms with E-state index in [1.807, 2.05) is 0 Å². The Balaban J connectivity index is 2.35. The molecule has 0 saturated heterocycles. The third kappa shape index (κ3) is 3.75. The maximum Gasteiger partial charge on any atom is 0.343 e. The van der Waals surface area contributed by atoms with Gasteiger partial charge in [-0.2, -0.15) is 0 Å². The van der Waals surface area contributed by atoms with Gasteiger partial charge in [-0.1, -0.05) is 35.3 Å². The van der Waals surface area contributed by atoms with E-state index in [0.717, 1.165) is 6.26 Å². The van der Waals surface area contributed by atoms with Crippen molar-refractivity contribution in [2.75, 3.05) is 6.26 Å². The fraction of sp³-hybridized carbons (Fsp3) is 0.0714. The van der Waals surface area contributed by atoms with Gasteiger partial charge in [-0.15, -0.1) is 0 Å². The van der Waals surface area contributed by atoms with Crippen molar-refractivity contribution in [1.82, 2.24) is 0 Å². The standard InChI is InChI=1S/C14H10Cl2O4S/c1-21(18,19)13-8-9(6-7-11(13)16)14(17)20-12-5-3-2-4-10(12)15/h2-8H,1H3. The summed E-state index contributed by atoms with van der Waals surface area (Å²) in [7, 11) is -3.54. The Morgan fingerprint density at radius 2 is 1.71 bits per heavy atom. The predicted molar refractivity (Wildman–Crippen MR) is 81.0 cm³/mol. The van der Waals surface area contributed by atoms with Gasteiger partial charge in [-0.25, -0.2) is 13.2 Å². The number of carbonyl (C=O) groups is 1. The van der Waals surface area contributed by atoms with E-state index in [0.29, 0.717) is 0 Å². The van der Waals surface area contributed by atoms with Crippen LogP contribution in [0.15, 0.2) is 47.4 Å². The maximum absolute atomic E-state index is 12.0. The molecule has 0 aliphatic carbocycles. The molecule has 7 heteroatoms. The number of rotatable bonds is 3. The average Bonchev–Trinajstić information content (AvgIpc) is 2.40. The monoisotopic (exact) mass is 344 g/mol. The number of hydrogen-bond acceptors (Lipinski definition) is 4. The lowest BCUT2D eigenvalue weighted by Gasteiger charge is -2.08. The van der Waals surface area contributed by atoms with Gasteiger partial charge in [0.15, 0.2) is 9.84 Å². The molecule has 0 atom stereocenters. The summed E-state index contributed by atoms with van der Waals surface area (Å²) in [6, 6.07) is 10.4. The minimum atomic E-state index is -3.54. The Morgan fingerprint density at radius 3 is 2.33 bits per heavy atom. The fourth-order valence-corrected chi connectivity index (χ4v) is 3.08. The van der Waals surface area contributed by atoms with Crippen LogP contribution in [0.4, 0.5) is 0 Å². The largest absolute Gasteiger partial charge is 0.421 e. The van der Waals surface area contributed by atoms with Gasteiger partial charge in [-0.3, -0.25) is 0 Å². The third-order valence-corrected chi connectivity index (χ3v) is 4.50. The number of para-hydroxylation sites is 1. The van der Waals surface area contributed by atoms with Crippen molar-refractivity contribution < 1.29 is 17.9 Å². The van der Waals surface area contributed by atoms with Gasteiger partial charge in [0.2, 0.25) is 0 Å². The molecule has 0 unspecified atom stereocenters. The quantitative estimate of drug-likeness (QED) is 0.630. The molecule has 0 aliphatic rings. The predicted octanol–water partition coefficient (Wildman–Crippen LogP) is 3.62. The molecule has 4 nitrogen and oxygen atoms in total. The number of sulfone groups is 1. The van der Waals surface area contributed by atoms with E-state index in [4.69, 9.17) is 27.9 Å². The smallest absolute Gasteiger partial charge is 0.343 e. The van der Waals surface area contributed by atoms with E-state index in [9.17, 15) is 13.2 Å². The van der Waals surface area contributed by atoms with E-state index >= 15 is 0 Å². The van der Waals surface area contributed by atoms with Gasteiger partial charge >= 0.3 is 5.97 Å². The van der Waals surface area contributed by atoms with Crippen LogP contribution in [0.5, 0.6) is 5.75 Å². The SMILES string of the molecule is CS(=O)(=O)c1cc(C(=O)Oc2ccccc2Cl)ccc1Cl. The first kappa shape index (κ1) is 15.8. The second kappa shape index (κ2) is 6.05. The highest BCUT2D eigenvalue weighted by Gasteiger charge is 2.17. The molecule has 0 bridgehead atoms. The van der Waals surface area contributed by atoms with E-state index in [-0.39, 0.29) is 26.3 Å². The molecule has 0 amide bonds. The molecule has 0 radical (unpaired) electrons. The molecular formula is C14H10Cl2O4S.